The molecule has 0 bridgehead atoms. The lowest BCUT2D eigenvalue weighted by molar-refractivity contribution is -0.382. The Labute approximate surface area is 178 Å². The highest BCUT2D eigenvalue weighted by molar-refractivity contribution is 7.22. The fraction of sp³-hybridized carbons (Fsp3) is 0.263. The quantitative estimate of drug-likeness (QED) is 0.430. The van der Waals surface area contributed by atoms with Gasteiger partial charge in [-0.2, -0.15) is 0 Å². The van der Waals surface area contributed by atoms with Crippen LogP contribution in [0.3, 0.4) is 0 Å². The molecule has 0 fully saturated rings. The number of nitrogens with zero attached hydrogens (tertiary/aromatic N) is 1. The predicted molar refractivity (Wildman–Crippen MR) is 115 cm³/mol. The summed E-state index contributed by atoms with van der Waals surface area (Å²) in [6.07, 6.45) is 2.55. The van der Waals surface area contributed by atoms with E-state index in [0.29, 0.717) is 26.6 Å². The van der Waals surface area contributed by atoms with Crippen LogP contribution in [0.2, 0.25) is 5.02 Å². The zero-order valence-corrected chi connectivity index (χ0v) is 17.7. The number of amides is 2. The maximum Gasteiger partial charge on any atom is 0.287 e. The zero-order chi connectivity index (χ0) is 20.9. The minimum atomic E-state index is -0.578. The highest BCUT2D eigenvalue weighted by atomic mass is 35.5. The van der Waals surface area contributed by atoms with E-state index in [1.54, 1.807) is 6.07 Å². The zero-order valence-electron chi connectivity index (χ0n) is 15.3. The molecule has 0 radical (unpaired) electrons. The Bertz CT molecular complexity index is 1180. The molecule has 1 aromatic carbocycles. The second kappa shape index (κ2) is 7.40. The van der Waals surface area contributed by atoms with Gasteiger partial charge in [-0.3, -0.25) is 19.7 Å². The van der Waals surface area contributed by atoms with Gasteiger partial charge < -0.3 is 11.1 Å². The van der Waals surface area contributed by atoms with Gasteiger partial charge in [0, 0.05) is 16.3 Å². The van der Waals surface area contributed by atoms with E-state index in [2.05, 4.69) is 12.2 Å². The van der Waals surface area contributed by atoms with Crippen molar-refractivity contribution in [3.8, 4) is 0 Å². The maximum atomic E-state index is 12.9. The third kappa shape index (κ3) is 3.39. The number of nitrogens with two attached hydrogens (primary N) is 1. The van der Waals surface area contributed by atoms with Gasteiger partial charge in [0.1, 0.15) is 14.6 Å². The molecule has 0 saturated carbocycles. The van der Waals surface area contributed by atoms with E-state index in [-0.39, 0.29) is 15.6 Å². The van der Waals surface area contributed by atoms with Crippen molar-refractivity contribution in [2.24, 2.45) is 11.7 Å². The number of halogens is 1. The SMILES string of the molecule is CC1CCc2c(sc(NC(=O)c3sc4c([N+](=O)[O-])cccc4c3Cl)c2C(N)=O)C1. The van der Waals surface area contributed by atoms with Gasteiger partial charge >= 0.3 is 0 Å². The lowest BCUT2D eigenvalue weighted by Gasteiger charge is -2.18. The third-order valence-corrected chi connectivity index (χ3v) is 7.92. The van der Waals surface area contributed by atoms with Gasteiger partial charge in [-0.1, -0.05) is 30.7 Å². The van der Waals surface area contributed by atoms with E-state index in [1.165, 1.54) is 23.5 Å². The fourth-order valence-electron chi connectivity index (χ4n) is 3.62. The molecule has 1 atom stereocenters. The average Bonchev–Trinajstić information content (AvgIpc) is 3.18. The average molecular weight is 450 g/mol. The van der Waals surface area contributed by atoms with E-state index >= 15 is 0 Å². The number of thiophene rings is 2. The number of nitro groups is 1. The smallest absolute Gasteiger partial charge is 0.287 e. The Morgan fingerprint density at radius 1 is 1.34 bits per heavy atom. The number of hydrogen-bond donors (Lipinski definition) is 2. The highest BCUT2D eigenvalue weighted by Crippen LogP contribution is 2.42. The normalized spacial score (nSPS) is 15.9. The van der Waals surface area contributed by atoms with Crippen molar-refractivity contribution < 1.29 is 14.5 Å². The van der Waals surface area contributed by atoms with Crippen molar-refractivity contribution in [2.45, 2.75) is 26.2 Å². The number of nitro benzene ring substituents is 1. The Morgan fingerprint density at radius 3 is 2.79 bits per heavy atom. The van der Waals surface area contributed by atoms with Crippen LogP contribution in [-0.2, 0) is 12.8 Å². The standard InChI is InChI=1S/C19H16ClN3O4S2/c1-8-5-6-9-12(7-8)28-19(13(9)17(21)24)22-18(25)16-14(20)10-3-2-4-11(23(26)27)15(10)29-16/h2-4,8H,5-7H2,1H3,(H2,21,24)(H,22,25). The Balaban J connectivity index is 1.74. The molecular weight excluding hydrogens is 434 g/mol. The van der Waals surface area contributed by atoms with Crippen LogP contribution in [0.25, 0.3) is 10.1 Å². The Hall–Kier alpha value is -2.49. The molecule has 0 saturated heterocycles. The van der Waals surface area contributed by atoms with Gasteiger partial charge in [-0.25, -0.2) is 0 Å². The molecule has 150 valence electrons. The number of nitrogens with one attached hydrogen (secondary N) is 1. The molecule has 29 heavy (non-hydrogen) atoms. The molecule has 4 rings (SSSR count). The Kier molecular flexibility index (Phi) is 5.05. The molecule has 3 N–H and O–H groups in total. The first-order chi connectivity index (χ1) is 13.8. The summed E-state index contributed by atoms with van der Waals surface area (Å²) < 4.78 is 0.335. The molecule has 3 aromatic rings. The first-order valence-electron chi connectivity index (χ1n) is 8.89. The minimum Gasteiger partial charge on any atom is -0.365 e. The molecule has 2 aromatic heterocycles. The number of benzene rings is 1. The lowest BCUT2D eigenvalue weighted by atomic mass is 9.88. The summed E-state index contributed by atoms with van der Waals surface area (Å²) in [6.45, 7) is 2.15. The summed E-state index contributed by atoms with van der Waals surface area (Å²) >= 11 is 8.67. The predicted octanol–water partition coefficient (Wildman–Crippen LogP) is 5.00. The molecule has 1 aliphatic carbocycles. The minimum absolute atomic E-state index is 0.105. The number of rotatable bonds is 4. The number of anilines is 1. The Morgan fingerprint density at radius 2 is 2.10 bits per heavy atom. The van der Waals surface area contributed by atoms with E-state index in [4.69, 9.17) is 17.3 Å². The molecule has 0 spiro atoms. The van der Waals surface area contributed by atoms with Crippen LogP contribution in [0, 0.1) is 16.0 Å². The highest BCUT2D eigenvalue weighted by Gasteiger charge is 2.29. The van der Waals surface area contributed by atoms with E-state index in [0.717, 1.165) is 41.0 Å². The largest absolute Gasteiger partial charge is 0.365 e. The topological polar surface area (TPSA) is 115 Å². The molecule has 2 heterocycles. The van der Waals surface area contributed by atoms with Crippen molar-refractivity contribution in [1.82, 2.24) is 0 Å². The number of fused-ring (bicyclic) bond motifs is 2. The number of carbonyl (C=O) groups is 2. The summed E-state index contributed by atoms with van der Waals surface area (Å²) in [4.78, 5) is 37.0. The van der Waals surface area contributed by atoms with Crippen LogP contribution in [0.5, 0.6) is 0 Å². The number of primary amides is 1. The fourth-order valence-corrected chi connectivity index (χ4v) is 6.52. The van der Waals surface area contributed by atoms with Crippen molar-refractivity contribution in [3.05, 3.63) is 54.2 Å². The molecule has 7 nitrogen and oxygen atoms in total. The van der Waals surface area contributed by atoms with Gasteiger partial charge in [0.25, 0.3) is 17.5 Å². The summed E-state index contributed by atoms with van der Waals surface area (Å²) in [5.74, 6) is -0.590. The second-order valence-corrected chi connectivity index (χ2v) is 9.53. The van der Waals surface area contributed by atoms with Crippen LogP contribution in [0.15, 0.2) is 18.2 Å². The van der Waals surface area contributed by atoms with E-state index in [9.17, 15) is 19.7 Å². The van der Waals surface area contributed by atoms with Crippen LogP contribution in [-0.4, -0.2) is 16.7 Å². The van der Waals surface area contributed by atoms with Gasteiger partial charge in [0.15, 0.2) is 0 Å². The van der Waals surface area contributed by atoms with E-state index in [1.807, 2.05) is 0 Å². The first kappa shape index (κ1) is 19.8. The van der Waals surface area contributed by atoms with Gasteiger partial charge in [0.05, 0.1) is 15.5 Å². The van der Waals surface area contributed by atoms with Crippen molar-refractivity contribution >= 4 is 66.9 Å². The third-order valence-electron chi connectivity index (χ3n) is 5.02. The number of non-ortho nitro benzene ring substituents is 1. The lowest BCUT2D eigenvalue weighted by Crippen LogP contribution is -2.19. The van der Waals surface area contributed by atoms with Crippen molar-refractivity contribution in [3.63, 3.8) is 0 Å². The molecule has 0 aliphatic heterocycles. The summed E-state index contributed by atoms with van der Waals surface area (Å²) in [6, 6.07) is 4.54. The number of hydrogen-bond acceptors (Lipinski definition) is 6. The summed E-state index contributed by atoms with van der Waals surface area (Å²) in [5, 5.41) is 15.1. The van der Waals surface area contributed by atoms with Crippen LogP contribution >= 0.6 is 34.3 Å². The van der Waals surface area contributed by atoms with Gasteiger partial charge in [0.2, 0.25) is 0 Å². The summed E-state index contributed by atoms with van der Waals surface area (Å²) in [7, 11) is 0. The molecule has 1 aliphatic rings. The van der Waals surface area contributed by atoms with Crippen molar-refractivity contribution in [2.75, 3.05) is 5.32 Å². The van der Waals surface area contributed by atoms with Crippen LogP contribution in [0.1, 0.15) is 43.8 Å². The van der Waals surface area contributed by atoms with Gasteiger partial charge in [-0.15, -0.1) is 22.7 Å². The molecule has 2 amide bonds. The van der Waals surface area contributed by atoms with Crippen LogP contribution in [0.4, 0.5) is 10.7 Å². The van der Waals surface area contributed by atoms with E-state index < -0.39 is 16.7 Å². The number of carbonyl (C=O) groups excluding carboxylic acids is 2. The monoisotopic (exact) mass is 449 g/mol. The van der Waals surface area contributed by atoms with Gasteiger partial charge in [-0.05, 0) is 30.7 Å². The molecular formula is C19H16ClN3O4S2. The second-order valence-electron chi connectivity index (χ2n) is 7.03. The first-order valence-corrected chi connectivity index (χ1v) is 10.9. The van der Waals surface area contributed by atoms with Crippen LogP contribution < -0.4 is 11.1 Å². The molecule has 10 heteroatoms. The summed E-state index contributed by atoms with van der Waals surface area (Å²) in [5.41, 5.74) is 6.76. The molecule has 1 unspecified atom stereocenters. The van der Waals surface area contributed by atoms with Crippen molar-refractivity contribution in [1.29, 1.82) is 0 Å². The maximum absolute atomic E-state index is 12.9.